The second-order valence-corrected chi connectivity index (χ2v) is 7.11. The average molecular weight is 373 g/mol. The Bertz CT molecular complexity index is 710. The van der Waals surface area contributed by atoms with E-state index < -0.39 is 0 Å². The Balaban J connectivity index is 1.50. The van der Waals surface area contributed by atoms with Crippen LogP contribution in [0.15, 0.2) is 42.5 Å². The fourth-order valence-corrected chi connectivity index (χ4v) is 3.74. The Hall–Kier alpha value is -2.24. The van der Waals surface area contributed by atoms with E-state index in [1.54, 1.807) is 24.0 Å². The lowest BCUT2D eigenvalue weighted by atomic mass is 10.1. The molecule has 0 saturated carbocycles. The Labute approximate surface area is 162 Å². The highest BCUT2D eigenvalue weighted by Gasteiger charge is 2.24. The topological polar surface area (TPSA) is 36.6 Å². The van der Waals surface area contributed by atoms with Crippen molar-refractivity contribution in [3.63, 3.8) is 0 Å². The molecule has 0 amide bonds. The number of benzene rings is 2. The molecule has 27 heavy (non-hydrogen) atoms. The van der Waals surface area contributed by atoms with Crippen molar-refractivity contribution in [2.24, 2.45) is 0 Å². The summed E-state index contributed by atoms with van der Waals surface area (Å²) in [5.41, 5.74) is 2.64. The third-order valence-corrected chi connectivity index (χ3v) is 5.29. The molecule has 5 heteroatoms. The molecular weight excluding hydrogens is 340 g/mol. The minimum absolute atomic E-state index is 0.717. The smallest absolute Gasteiger partial charge is 0.131 e. The van der Waals surface area contributed by atoms with E-state index in [9.17, 15) is 0 Å². The van der Waals surface area contributed by atoms with Gasteiger partial charge in [-0.3, -0.25) is 0 Å². The number of piperazine rings is 1. The average Bonchev–Trinajstić information content (AvgIpc) is 2.71. The lowest BCUT2D eigenvalue weighted by Crippen LogP contribution is -3.27. The van der Waals surface area contributed by atoms with Crippen LogP contribution < -0.4 is 24.0 Å². The van der Waals surface area contributed by atoms with Gasteiger partial charge in [-0.25, -0.2) is 0 Å². The van der Waals surface area contributed by atoms with Crippen LogP contribution in [0.1, 0.15) is 18.1 Å². The highest BCUT2D eigenvalue weighted by Crippen LogP contribution is 2.23. The predicted molar refractivity (Wildman–Crippen MR) is 106 cm³/mol. The van der Waals surface area contributed by atoms with Crippen LogP contribution in [0.4, 0.5) is 0 Å². The quantitative estimate of drug-likeness (QED) is 0.712. The zero-order valence-electron chi connectivity index (χ0n) is 16.7. The molecule has 0 aliphatic carbocycles. The third-order valence-electron chi connectivity index (χ3n) is 5.29. The third kappa shape index (κ3) is 5.37. The summed E-state index contributed by atoms with van der Waals surface area (Å²) >= 11 is 0. The van der Waals surface area contributed by atoms with Gasteiger partial charge in [0, 0.05) is 17.2 Å². The van der Waals surface area contributed by atoms with Crippen molar-refractivity contribution < 1.29 is 24.0 Å². The molecule has 146 valence electrons. The lowest BCUT2D eigenvalue weighted by molar-refractivity contribution is -1.02. The van der Waals surface area contributed by atoms with E-state index in [0.717, 1.165) is 30.3 Å². The van der Waals surface area contributed by atoms with E-state index in [4.69, 9.17) is 14.2 Å². The van der Waals surface area contributed by atoms with Crippen molar-refractivity contribution >= 4 is 0 Å². The number of ether oxygens (including phenoxy) is 3. The molecule has 0 spiro atoms. The van der Waals surface area contributed by atoms with Gasteiger partial charge >= 0.3 is 0 Å². The largest absolute Gasteiger partial charge is 0.497 e. The minimum Gasteiger partial charge on any atom is -0.497 e. The molecule has 3 rings (SSSR count). The highest BCUT2D eigenvalue weighted by atomic mass is 16.5. The van der Waals surface area contributed by atoms with Crippen molar-refractivity contribution in [2.45, 2.75) is 20.0 Å². The van der Waals surface area contributed by atoms with Crippen LogP contribution in [0, 0.1) is 0 Å². The van der Waals surface area contributed by atoms with Crippen LogP contribution in [0.2, 0.25) is 0 Å². The molecule has 0 bridgehead atoms. The summed E-state index contributed by atoms with van der Waals surface area (Å²) in [6, 6.07) is 14.7. The number of nitrogens with one attached hydrogen (secondary N) is 2. The summed E-state index contributed by atoms with van der Waals surface area (Å²) < 4.78 is 16.4. The summed E-state index contributed by atoms with van der Waals surface area (Å²) in [6.45, 7) is 9.58. The van der Waals surface area contributed by atoms with E-state index in [2.05, 4.69) is 30.3 Å². The molecule has 2 aromatic rings. The van der Waals surface area contributed by atoms with Gasteiger partial charge in [-0.1, -0.05) is 0 Å². The van der Waals surface area contributed by atoms with Gasteiger partial charge < -0.3 is 24.0 Å². The standard InChI is InChI=1S/C22H30N2O3/c1-4-27-20-8-5-18(6-9-20)16-23-11-13-24(14-12-23)17-19-7-10-21(25-2)15-22(19)26-3/h5-10,15H,4,11-14,16-17H2,1-3H3/p+2. The fraction of sp³-hybridized carbons (Fsp3) is 0.455. The number of methoxy groups -OCH3 is 2. The Morgan fingerprint density at radius 3 is 2.00 bits per heavy atom. The molecule has 1 heterocycles. The molecule has 2 aromatic carbocycles. The van der Waals surface area contributed by atoms with Gasteiger partial charge in [0.1, 0.15) is 56.5 Å². The molecule has 0 unspecified atom stereocenters. The second kappa shape index (κ2) is 9.62. The highest BCUT2D eigenvalue weighted by molar-refractivity contribution is 5.40. The predicted octanol–water partition coefficient (Wildman–Crippen LogP) is 0.586. The number of quaternary nitrogens is 2. The van der Waals surface area contributed by atoms with E-state index >= 15 is 0 Å². The summed E-state index contributed by atoms with van der Waals surface area (Å²) in [4.78, 5) is 3.28. The first-order valence-electron chi connectivity index (χ1n) is 9.81. The minimum atomic E-state index is 0.717. The normalized spacial score (nSPS) is 19.5. The SMILES string of the molecule is CCOc1ccc(C[NH+]2CC[NH+](Cc3ccc(OC)cc3OC)CC2)cc1. The van der Waals surface area contributed by atoms with Crippen LogP contribution in [0.5, 0.6) is 17.2 Å². The monoisotopic (exact) mass is 372 g/mol. The molecule has 1 saturated heterocycles. The second-order valence-electron chi connectivity index (χ2n) is 7.11. The van der Waals surface area contributed by atoms with Crippen molar-refractivity contribution in [1.29, 1.82) is 0 Å². The maximum Gasteiger partial charge on any atom is 0.131 e. The number of rotatable bonds is 8. The number of hydrogen-bond donors (Lipinski definition) is 2. The molecular formula is C22H32N2O3+2. The molecule has 5 nitrogen and oxygen atoms in total. The van der Waals surface area contributed by atoms with Crippen molar-refractivity contribution in [2.75, 3.05) is 47.0 Å². The first-order valence-corrected chi connectivity index (χ1v) is 9.81. The maximum absolute atomic E-state index is 5.55. The van der Waals surface area contributed by atoms with Crippen LogP contribution in [0.25, 0.3) is 0 Å². The molecule has 1 fully saturated rings. The van der Waals surface area contributed by atoms with E-state index in [0.29, 0.717) is 6.61 Å². The summed E-state index contributed by atoms with van der Waals surface area (Å²) in [5, 5.41) is 0. The first kappa shape index (κ1) is 19.5. The van der Waals surface area contributed by atoms with Crippen molar-refractivity contribution in [3.05, 3.63) is 53.6 Å². The lowest BCUT2D eigenvalue weighted by Gasteiger charge is -2.30. The van der Waals surface area contributed by atoms with Gasteiger partial charge in [-0.15, -0.1) is 0 Å². The van der Waals surface area contributed by atoms with Gasteiger partial charge in [0.05, 0.1) is 20.8 Å². The van der Waals surface area contributed by atoms with Gasteiger partial charge in [-0.2, -0.15) is 0 Å². The molecule has 1 aliphatic heterocycles. The van der Waals surface area contributed by atoms with Crippen LogP contribution in [0.3, 0.4) is 0 Å². The Morgan fingerprint density at radius 2 is 1.41 bits per heavy atom. The van der Waals surface area contributed by atoms with Gasteiger partial charge in [0.25, 0.3) is 0 Å². The van der Waals surface area contributed by atoms with Gasteiger partial charge in [-0.05, 0) is 43.3 Å². The first-order chi connectivity index (χ1) is 13.2. The Morgan fingerprint density at radius 1 is 0.778 bits per heavy atom. The fourth-order valence-electron chi connectivity index (χ4n) is 3.74. The van der Waals surface area contributed by atoms with Gasteiger partial charge in [0.15, 0.2) is 0 Å². The molecule has 0 aromatic heterocycles. The Kier molecular flexibility index (Phi) is 6.96. The van der Waals surface area contributed by atoms with Crippen molar-refractivity contribution in [1.82, 2.24) is 0 Å². The summed E-state index contributed by atoms with van der Waals surface area (Å²) in [5.74, 6) is 2.72. The molecule has 2 N–H and O–H groups in total. The summed E-state index contributed by atoms with van der Waals surface area (Å²) in [7, 11) is 3.42. The van der Waals surface area contributed by atoms with Crippen LogP contribution >= 0.6 is 0 Å². The van der Waals surface area contributed by atoms with Crippen molar-refractivity contribution in [3.8, 4) is 17.2 Å². The van der Waals surface area contributed by atoms with E-state index in [1.807, 2.05) is 19.1 Å². The van der Waals surface area contributed by atoms with Crippen LogP contribution in [-0.4, -0.2) is 47.0 Å². The molecule has 0 radical (unpaired) electrons. The van der Waals surface area contributed by atoms with Crippen LogP contribution in [-0.2, 0) is 13.1 Å². The summed E-state index contributed by atoms with van der Waals surface area (Å²) in [6.07, 6.45) is 0. The zero-order valence-corrected chi connectivity index (χ0v) is 16.7. The number of hydrogen-bond acceptors (Lipinski definition) is 3. The molecule has 1 aliphatic rings. The van der Waals surface area contributed by atoms with E-state index in [1.165, 1.54) is 37.3 Å². The molecule has 0 atom stereocenters. The van der Waals surface area contributed by atoms with Gasteiger partial charge in [0.2, 0.25) is 0 Å². The maximum atomic E-state index is 5.55. The van der Waals surface area contributed by atoms with E-state index in [-0.39, 0.29) is 0 Å². The zero-order chi connectivity index (χ0) is 19.1.